The predicted molar refractivity (Wildman–Crippen MR) is 83.1 cm³/mol. The molecule has 5 heteroatoms. The van der Waals surface area contributed by atoms with Gasteiger partial charge in [0.15, 0.2) is 0 Å². The molecule has 1 aromatic rings. The zero-order valence-corrected chi connectivity index (χ0v) is 14.1. The molecule has 0 amide bonds. The molecule has 0 aromatic carbocycles. The van der Waals surface area contributed by atoms with Gasteiger partial charge in [-0.15, -0.1) is 0 Å². The molecule has 1 N–H and O–H groups in total. The largest absolute Gasteiger partial charge is 0.244 e. The number of halogens is 1. The molecule has 1 aliphatic rings. The molecule has 1 saturated carbocycles. The topological polar surface area (TPSA) is 42.0 Å². The van der Waals surface area contributed by atoms with Gasteiger partial charge in [0.1, 0.15) is 4.60 Å². The molecule has 19 heavy (non-hydrogen) atoms. The van der Waals surface area contributed by atoms with E-state index in [0.29, 0.717) is 0 Å². The molecule has 0 radical (unpaired) electrons. The molecule has 0 unspecified atom stereocenters. The van der Waals surface area contributed by atoms with Crippen molar-refractivity contribution in [1.29, 1.82) is 0 Å². The van der Waals surface area contributed by atoms with Gasteiger partial charge in [0.05, 0.1) is 27.0 Å². The third kappa shape index (κ3) is 3.44. The first kappa shape index (κ1) is 15.1. The van der Waals surface area contributed by atoms with Crippen LogP contribution in [0, 0.1) is 0 Å². The van der Waals surface area contributed by atoms with E-state index < -0.39 is 11.0 Å². The summed E-state index contributed by atoms with van der Waals surface area (Å²) >= 11 is 3.42. The van der Waals surface area contributed by atoms with Crippen LogP contribution >= 0.6 is 15.9 Å². The molecular weight excluding hydrogens is 324 g/mol. The second kappa shape index (κ2) is 5.62. The fourth-order valence-electron chi connectivity index (χ4n) is 2.39. The zero-order valence-electron chi connectivity index (χ0n) is 11.7. The highest BCUT2D eigenvalue weighted by Gasteiger charge is 2.40. The van der Waals surface area contributed by atoms with Crippen LogP contribution in [0.4, 0.5) is 0 Å². The van der Waals surface area contributed by atoms with E-state index in [0.717, 1.165) is 36.0 Å². The summed E-state index contributed by atoms with van der Waals surface area (Å²) in [4.78, 5) is 4.58. The predicted octanol–water partition coefficient (Wildman–Crippen LogP) is 3.67. The van der Waals surface area contributed by atoms with Gasteiger partial charge in [-0.3, -0.25) is 0 Å². The highest BCUT2D eigenvalue weighted by atomic mass is 79.9. The van der Waals surface area contributed by atoms with Gasteiger partial charge < -0.3 is 0 Å². The average molecular weight is 345 g/mol. The Bertz CT molecular complexity index is 479. The molecular formula is C14H21BrN2OS. The zero-order chi connectivity index (χ0) is 14.1. The monoisotopic (exact) mass is 344 g/mol. The van der Waals surface area contributed by atoms with Crippen LogP contribution in [0.3, 0.4) is 0 Å². The molecule has 0 aliphatic heterocycles. The fraction of sp³-hybridized carbons (Fsp3) is 0.643. The number of nitrogens with zero attached hydrogens (tertiary/aromatic N) is 1. The van der Waals surface area contributed by atoms with Gasteiger partial charge in [-0.1, -0.05) is 18.9 Å². The van der Waals surface area contributed by atoms with E-state index in [4.69, 9.17) is 0 Å². The summed E-state index contributed by atoms with van der Waals surface area (Å²) in [5, 5.41) is 0. The van der Waals surface area contributed by atoms with Crippen molar-refractivity contribution in [3.63, 3.8) is 0 Å². The van der Waals surface area contributed by atoms with Crippen molar-refractivity contribution in [3.8, 4) is 0 Å². The van der Waals surface area contributed by atoms with E-state index >= 15 is 0 Å². The minimum absolute atomic E-state index is 0.234. The standard InChI is InChI=1S/C14H21BrN2OS/c1-13(2,3)19(18)17-14(9-4-5-10-14)11-7-6-8-12(15)16-11/h6-8,17H,4-5,9-10H2,1-3H3/t19-/m0/s1. The molecule has 1 atom stereocenters. The van der Waals surface area contributed by atoms with Crippen LogP contribution in [0.25, 0.3) is 0 Å². The summed E-state index contributed by atoms with van der Waals surface area (Å²) < 4.78 is 16.4. The van der Waals surface area contributed by atoms with Crippen LogP contribution in [-0.2, 0) is 16.5 Å². The molecule has 106 valence electrons. The summed E-state index contributed by atoms with van der Waals surface area (Å²) in [6.45, 7) is 5.98. The maximum atomic E-state index is 12.4. The normalized spacial score (nSPS) is 20.4. The van der Waals surface area contributed by atoms with Crippen molar-refractivity contribution >= 4 is 26.9 Å². The average Bonchev–Trinajstić information content (AvgIpc) is 2.77. The van der Waals surface area contributed by atoms with Gasteiger partial charge in [-0.05, 0) is 61.7 Å². The quantitative estimate of drug-likeness (QED) is 0.850. The molecule has 3 nitrogen and oxygen atoms in total. The van der Waals surface area contributed by atoms with Gasteiger partial charge in [0.25, 0.3) is 0 Å². The lowest BCUT2D eigenvalue weighted by molar-refractivity contribution is 0.399. The van der Waals surface area contributed by atoms with Crippen molar-refractivity contribution in [3.05, 3.63) is 28.5 Å². The van der Waals surface area contributed by atoms with Crippen molar-refractivity contribution in [1.82, 2.24) is 9.71 Å². The number of pyridine rings is 1. The first-order valence-corrected chi connectivity index (χ1v) is 8.61. The number of hydrogen-bond donors (Lipinski definition) is 1. The molecule has 0 bridgehead atoms. The first-order valence-electron chi connectivity index (χ1n) is 6.66. The highest BCUT2D eigenvalue weighted by molar-refractivity contribution is 9.10. The minimum Gasteiger partial charge on any atom is -0.244 e. The number of rotatable bonds is 3. The van der Waals surface area contributed by atoms with Crippen LogP contribution in [-0.4, -0.2) is 13.9 Å². The van der Waals surface area contributed by atoms with Crippen LogP contribution in [0.1, 0.15) is 52.1 Å². The first-order chi connectivity index (χ1) is 8.83. The Labute approximate surface area is 126 Å². The number of nitrogens with one attached hydrogen (secondary N) is 1. The van der Waals surface area contributed by atoms with Gasteiger partial charge in [0, 0.05) is 0 Å². The Hall–Kier alpha value is -0.260. The van der Waals surface area contributed by atoms with Gasteiger partial charge in [-0.2, -0.15) is 0 Å². The van der Waals surface area contributed by atoms with Gasteiger partial charge >= 0.3 is 0 Å². The smallest absolute Gasteiger partial charge is 0.106 e. The second-order valence-electron chi connectivity index (χ2n) is 6.12. The molecule has 1 heterocycles. The van der Waals surface area contributed by atoms with E-state index in [1.54, 1.807) is 0 Å². The SMILES string of the molecule is CC(C)(C)[S@](=O)NC1(c2cccc(Br)n2)CCCC1. The number of aromatic nitrogens is 1. The van der Waals surface area contributed by atoms with E-state index in [9.17, 15) is 4.21 Å². The summed E-state index contributed by atoms with van der Waals surface area (Å²) in [5.74, 6) is 0. The Balaban J connectivity index is 2.31. The molecule has 2 rings (SSSR count). The van der Waals surface area contributed by atoms with E-state index in [-0.39, 0.29) is 10.3 Å². The van der Waals surface area contributed by atoms with Crippen molar-refractivity contribution in [2.24, 2.45) is 0 Å². The summed E-state index contributed by atoms with van der Waals surface area (Å²) in [6.07, 6.45) is 4.31. The van der Waals surface area contributed by atoms with Crippen molar-refractivity contribution in [2.45, 2.75) is 56.7 Å². The summed E-state index contributed by atoms with van der Waals surface area (Å²) in [7, 11) is -1.08. The molecule has 1 aromatic heterocycles. The van der Waals surface area contributed by atoms with Crippen LogP contribution in [0.5, 0.6) is 0 Å². The van der Waals surface area contributed by atoms with Gasteiger partial charge in [-0.25, -0.2) is 13.9 Å². The van der Waals surface area contributed by atoms with Crippen LogP contribution in [0.2, 0.25) is 0 Å². The Morgan fingerprint density at radius 3 is 2.47 bits per heavy atom. The van der Waals surface area contributed by atoms with E-state index in [1.165, 1.54) is 0 Å². The lowest BCUT2D eigenvalue weighted by atomic mass is 9.94. The molecule has 0 saturated heterocycles. The van der Waals surface area contributed by atoms with E-state index in [2.05, 4.69) is 25.6 Å². The third-order valence-corrected chi connectivity index (χ3v) is 5.64. The van der Waals surface area contributed by atoms with E-state index in [1.807, 2.05) is 39.0 Å². The second-order valence-corrected chi connectivity index (χ2v) is 8.90. The van der Waals surface area contributed by atoms with Crippen LogP contribution in [0.15, 0.2) is 22.8 Å². The molecule has 1 fully saturated rings. The molecule has 1 aliphatic carbocycles. The molecule has 0 spiro atoms. The van der Waals surface area contributed by atoms with Crippen LogP contribution < -0.4 is 4.72 Å². The third-order valence-electron chi connectivity index (χ3n) is 3.51. The number of hydrogen-bond acceptors (Lipinski definition) is 2. The highest BCUT2D eigenvalue weighted by Crippen LogP contribution is 2.39. The Kier molecular flexibility index (Phi) is 4.48. The summed E-state index contributed by atoms with van der Waals surface area (Å²) in [5.41, 5.74) is 0.763. The Morgan fingerprint density at radius 1 is 1.32 bits per heavy atom. The van der Waals surface area contributed by atoms with Gasteiger partial charge in [0.2, 0.25) is 0 Å². The maximum absolute atomic E-state index is 12.4. The maximum Gasteiger partial charge on any atom is 0.106 e. The summed E-state index contributed by atoms with van der Waals surface area (Å²) in [6, 6.07) is 5.95. The lowest BCUT2D eigenvalue weighted by Crippen LogP contribution is -2.46. The fourth-order valence-corrected chi connectivity index (χ4v) is 3.71. The lowest BCUT2D eigenvalue weighted by Gasteiger charge is -2.32. The Morgan fingerprint density at radius 2 is 1.95 bits per heavy atom. The van der Waals surface area contributed by atoms with Crippen molar-refractivity contribution < 1.29 is 4.21 Å². The minimum atomic E-state index is -1.08. The van der Waals surface area contributed by atoms with Crippen molar-refractivity contribution in [2.75, 3.05) is 0 Å².